The van der Waals surface area contributed by atoms with Gasteiger partial charge in [-0.05, 0) is 63.9 Å². The molecule has 8 heteroatoms. The summed E-state index contributed by atoms with van der Waals surface area (Å²) in [6.07, 6.45) is 4.77. The molecule has 3 rings (SSSR count). The summed E-state index contributed by atoms with van der Waals surface area (Å²) in [7, 11) is 0. The Morgan fingerprint density at radius 2 is 1.96 bits per heavy atom. The van der Waals surface area contributed by atoms with Gasteiger partial charge in [0.05, 0.1) is 5.69 Å². The average molecular weight is 385 g/mol. The molecule has 1 saturated heterocycles. The smallest absolute Gasteiger partial charge is 0.407 e. The third-order valence-electron chi connectivity index (χ3n) is 4.32. The lowest BCUT2D eigenvalue weighted by atomic mass is 10.1. The first-order chi connectivity index (χ1) is 13.3. The van der Waals surface area contributed by atoms with Gasteiger partial charge in [0, 0.05) is 37.2 Å². The standard InChI is InChI=1S/C20H27N5O3/c1-20(2,3)28-19(27)23-16-6-4-12-24(14-16)18(26)22-15-7-9-17(10-8-15)25-13-5-11-21-25/h5,7-11,13,16H,4,6,12,14H2,1-3H3,(H,22,26)(H,23,27). The minimum absolute atomic E-state index is 0.114. The van der Waals surface area contributed by atoms with Crippen molar-refractivity contribution in [3.8, 4) is 5.69 Å². The second-order valence-corrected chi connectivity index (χ2v) is 7.86. The quantitative estimate of drug-likeness (QED) is 0.848. The Morgan fingerprint density at radius 3 is 2.61 bits per heavy atom. The van der Waals surface area contributed by atoms with Gasteiger partial charge in [0.25, 0.3) is 0 Å². The number of benzene rings is 1. The van der Waals surface area contributed by atoms with Crippen LogP contribution in [0.1, 0.15) is 33.6 Å². The molecule has 1 aromatic carbocycles. The maximum absolute atomic E-state index is 12.6. The van der Waals surface area contributed by atoms with E-state index in [2.05, 4.69) is 15.7 Å². The number of anilines is 1. The fourth-order valence-corrected chi connectivity index (χ4v) is 3.08. The van der Waals surface area contributed by atoms with Crippen molar-refractivity contribution in [3.63, 3.8) is 0 Å². The van der Waals surface area contributed by atoms with Crippen molar-refractivity contribution in [2.45, 2.75) is 45.3 Å². The zero-order chi connectivity index (χ0) is 20.1. The fraction of sp³-hybridized carbons (Fsp3) is 0.450. The third-order valence-corrected chi connectivity index (χ3v) is 4.32. The van der Waals surface area contributed by atoms with E-state index in [4.69, 9.17) is 4.74 Å². The highest BCUT2D eigenvalue weighted by Gasteiger charge is 2.26. The summed E-state index contributed by atoms with van der Waals surface area (Å²) in [5.41, 5.74) is 1.09. The van der Waals surface area contributed by atoms with Crippen LogP contribution in [-0.2, 0) is 4.74 Å². The van der Waals surface area contributed by atoms with E-state index in [0.29, 0.717) is 18.8 Å². The Hall–Kier alpha value is -3.03. The van der Waals surface area contributed by atoms with Gasteiger partial charge < -0.3 is 20.3 Å². The molecule has 2 heterocycles. The van der Waals surface area contributed by atoms with Crippen molar-refractivity contribution in [1.82, 2.24) is 20.0 Å². The van der Waals surface area contributed by atoms with Gasteiger partial charge in [0.2, 0.25) is 0 Å². The Bertz CT molecular complexity index is 796. The Morgan fingerprint density at radius 1 is 1.21 bits per heavy atom. The van der Waals surface area contributed by atoms with Crippen LogP contribution in [0.2, 0.25) is 0 Å². The van der Waals surface area contributed by atoms with Crippen LogP contribution in [0.25, 0.3) is 5.69 Å². The van der Waals surface area contributed by atoms with Gasteiger partial charge >= 0.3 is 12.1 Å². The fourth-order valence-electron chi connectivity index (χ4n) is 3.08. The number of urea groups is 1. The summed E-state index contributed by atoms with van der Waals surface area (Å²) in [5, 5.41) is 9.95. The predicted molar refractivity (Wildman–Crippen MR) is 107 cm³/mol. The van der Waals surface area contributed by atoms with E-state index < -0.39 is 11.7 Å². The van der Waals surface area contributed by atoms with Gasteiger partial charge in [-0.25, -0.2) is 14.3 Å². The van der Waals surface area contributed by atoms with Crippen LogP contribution >= 0.6 is 0 Å². The topological polar surface area (TPSA) is 88.5 Å². The number of carbonyl (C=O) groups is 2. The Labute approximate surface area is 164 Å². The van der Waals surface area contributed by atoms with Gasteiger partial charge in [-0.1, -0.05) is 0 Å². The van der Waals surface area contributed by atoms with Crippen molar-refractivity contribution in [2.75, 3.05) is 18.4 Å². The summed E-state index contributed by atoms with van der Waals surface area (Å²) in [4.78, 5) is 26.3. The first kappa shape index (κ1) is 19.7. The highest BCUT2D eigenvalue weighted by Crippen LogP contribution is 2.16. The van der Waals surface area contributed by atoms with E-state index in [1.807, 2.05) is 57.3 Å². The number of nitrogens with zero attached hydrogens (tertiary/aromatic N) is 3. The van der Waals surface area contributed by atoms with Crippen LogP contribution in [0.4, 0.5) is 15.3 Å². The molecule has 0 saturated carbocycles. The molecule has 1 aromatic heterocycles. The van der Waals surface area contributed by atoms with Gasteiger partial charge in [0.1, 0.15) is 5.60 Å². The first-order valence-electron chi connectivity index (χ1n) is 9.46. The lowest BCUT2D eigenvalue weighted by Crippen LogP contribution is -2.51. The molecule has 1 unspecified atom stereocenters. The minimum Gasteiger partial charge on any atom is -0.444 e. The Kier molecular flexibility index (Phi) is 5.87. The van der Waals surface area contributed by atoms with E-state index in [1.165, 1.54) is 0 Å². The second kappa shape index (κ2) is 8.33. The normalized spacial score (nSPS) is 17.1. The lowest BCUT2D eigenvalue weighted by Gasteiger charge is -2.33. The number of likely N-dealkylation sites (tertiary alicyclic amines) is 1. The van der Waals surface area contributed by atoms with Crippen molar-refractivity contribution in [1.29, 1.82) is 0 Å². The number of amides is 3. The van der Waals surface area contributed by atoms with Crippen molar-refractivity contribution in [2.24, 2.45) is 0 Å². The summed E-state index contributed by atoms with van der Waals surface area (Å²) >= 11 is 0. The number of ether oxygens (including phenoxy) is 1. The molecule has 28 heavy (non-hydrogen) atoms. The van der Waals surface area contributed by atoms with Gasteiger partial charge in [0.15, 0.2) is 0 Å². The molecule has 1 atom stereocenters. The number of carbonyl (C=O) groups excluding carboxylic acids is 2. The van der Waals surface area contributed by atoms with Crippen LogP contribution in [0, 0.1) is 0 Å². The molecule has 150 valence electrons. The molecule has 2 aromatic rings. The van der Waals surface area contributed by atoms with E-state index >= 15 is 0 Å². The van der Waals surface area contributed by atoms with Gasteiger partial charge in [-0.15, -0.1) is 0 Å². The SMILES string of the molecule is CC(C)(C)OC(=O)NC1CCCN(C(=O)Nc2ccc(-n3cccn3)cc2)C1. The summed E-state index contributed by atoms with van der Waals surface area (Å²) in [6.45, 7) is 6.58. The molecular formula is C20H27N5O3. The number of alkyl carbamates (subject to hydrolysis) is 1. The van der Waals surface area contributed by atoms with E-state index in [-0.39, 0.29) is 12.1 Å². The summed E-state index contributed by atoms with van der Waals surface area (Å²) < 4.78 is 7.05. The number of aromatic nitrogens is 2. The molecule has 0 bridgehead atoms. The molecule has 0 spiro atoms. The summed E-state index contributed by atoms with van der Waals surface area (Å²) in [5.74, 6) is 0. The molecule has 0 aliphatic carbocycles. The monoisotopic (exact) mass is 385 g/mol. The van der Waals surface area contributed by atoms with Crippen molar-refractivity contribution < 1.29 is 14.3 Å². The molecule has 1 aliphatic heterocycles. The van der Waals surface area contributed by atoms with Crippen LogP contribution in [0.5, 0.6) is 0 Å². The predicted octanol–water partition coefficient (Wildman–Crippen LogP) is 3.39. The zero-order valence-electron chi connectivity index (χ0n) is 16.5. The highest BCUT2D eigenvalue weighted by atomic mass is 16.6. The number of piperidine rings is 1. The lowest BCUT2D eigenvalue weighted by molar-refractivity contribution is 0.0480. The average Bonchev–Trinajstić information content (AvgIpc) is 3.15. The van der Waals surface area contributed by atoms with Crippen LogP contribution in [0.3, 0.4) is 0 Å². The molecule has 1 aliphatic rings. The molecule has 8 nitrogen and oxygen atoms in total. The zero-order valence-corrected chi connectivity index (χ0v) is 16.5. The van der Waals surface area contributed by atoms with E-state index in [0.717, 1.165) is 18.5 Å². The van der Waals surface area contributed by atoms with Crippen LogP contribution < -0.4 is 10.6 Å². The third kappa shape index (κ3) is 5.48. The van der Waals surface area contributed by atoms with Crippen LogP contribution in [0.15, 0.2) is 42.7 Å². The molecule has 3 amide bonds. The summed E-state index contributed by atoms with van der Waals surface area (Å²) in [6, 6.07) is 9.04. The maximum Gasteiger partial charge on any atom is 0.407 e. The maximum atomic E-state index is 12.6. The van der Waals surface area contributed by atoms with E-state index in [1.54, 1.807) is 15.8 Å². The molecule has 2 N–H and O–H groups in total. The van der Waals surface area contributed by atoms with E-state index in [9.17, 15) is 9.59 Å². The van der Waals surface area contributed by atoms with Crippen molar-refractivity contribution >= 4 is 17.8 Å². The van der Waals surface area contributed by atoms with Crippen molar-refractivity contribution in [3.05, 3.63) is 42.7 Å². The number of rotatable bonds is 3. The van der Waals surface area contributed by atoms with Gasteiger partial charge in [-0.3, -0.25) is 0 Å². The second-order valence-electron chi connectivity index (χ2n) is 7.86. The first-order valence-corrected chi connectivity index (χ1v) is 9.46. The molecule has 0 radical (unpaired) electrons. The number of nitrogens with one attached hydrogen (secondary N) is 2. The highest BCUT2D eigenvalue weighted by molar-refractivity contribution is 5.89. The Balaban J connectivity index is 1.53. The largest absolute Gasteiger partial charge is 0.444 e. The molecule has 1 fully saturated rings. The molecular weight excluding hydrogens is 358 g/mol. The van der Waals surface area contributed by atoms with Gasteiger partial charge in [-0.2, -0.15) is 5.10 Å². The number of hydrogen-bond acceptors (Lipinski definition) is 4. The minimum atomic E-state index is -0.544. The number of hydrogen-bond donors (Lipinski definition) is 2. The van der Waals surface area contributed by atoms with Crippen LogP contribution in [-0.4, -0.2) is 51.5 Å².